The van der Waals surface area contributed by atoms with Crippen LogP contribution in [0.3, 0.4) is 0 Å². The Morgan fingerprint density at radius 3 is 2.68 bits per heavy atom. The minimum atomic E-state index is -1.06. The molecule has 8 nitrogen and oxygen atoms in total. The molecule has 0 fully saturated rings. The lowest BCUT2D eigenvalue weighted by molar-refractivity contribution is -0.143. The molecule has 1 heterocycles. The van der Waals surface area contributed by atoms with E-state index in [1.54, 1.807) is 13.0 Å². The summed E-state index contributed by atoms with van der Waals surface area (Å²) in [6.07, 6.45) is 0.633. The van der Waals surface area contributed by atoms with E-state index >= 15 is 0 Å². The summed E-state index contributed by atoms with van der Waals surface area (Å²) in [6, 6.07) is 6.31. The Bertz CT molecular complexity index is 771. The lowest BCUT2D eigenvalue weighted by Gasteiger charge is -2.20. The van der Waals surface area contributed by atoms with Gasteiger partial charge < -0.3 is 15.7 Å². The van der Waals surface area contributed by atoms with Gasteiger partial charge in [0.25, 0.3) is 5.91 Å². The predicted octanol–water partition coefficient (Wildman–Crippen LogP) is 1.30. The second kappa shape index (κ2) is 8.27. The Morgan fingerprint density at radius 2 is 2.00 bits per heavy atom. The molecule has 0 saturated heterocycles. The van der Waals surface area contributed by atoms with Crippen molar-refractivity contribution in [2.75, 3.05) is 6.54 Å². The van der Waals surface area contributed by atoms with Crippen LogP contribution in [-0.4, -0.2) is 45.7 Å². The van der Waals surface area contributed by atoms with Crippen molar-refractivity contribution >= 4 is 28.7 Å². The van der Waals surface area contributed by atoms with Crippen LogP contribution in [0.4, 0.5) is 0 Å². The molecule has 0 aliphatic heterocycles. The number of carboxylic acids is 1. The van der Waals surface area contributed by atoms with E-state index in [-0.39, 0.29) is 30.5 Å². The Morgan fingerprint density at radius 1 is 1.28 bits per heavy atom. The number of hydrogen-bond acceptors (Lipinski definition) is 4. The number of nitrogens with zero attached hydrogens (tertiary/aromatic N) is 1. The Labute approximate surface area is 145 Å². The van der Waals surface area contributed by atoms with Gasteiger partial charge in [0.1, 0.15) is 6.04 Å². The second-order valence-corrected chi connectivity index (χ2v) is 5.89. The molecule has 0 bridgehead atoms. The molecule has 1 aromatic heterocycles. The molecule has 1 aromatic carbocycles. The molecule has 0 spiro atoms. The second-order valence-electron chi connectivity index (χ2n) is 5.89. The smallest absolute Gasteiger partial charge is 0.326 e. The predicted molar refractivity (Wildman–Crippen MR) is 92.1 cm³/mol. The fourth-order valence-electron chi connectivity index (χ4n) is 2.44. The molecule has 134 valence electrons. The van der Waals surface area contributed by atoms with Crippen LogP contribution >= 0.6 is 0 Å². The molecule has 0 aliphatic carbocycles. The zero-order valence-electron chi connectivity index (χ0n) is 14.2. The third-order valence-electron chi connectivity index (χ3n) is 4.12. The first-order chi connectivity index (χ1) is 11.9. The van der Waals surface area contributed by atoms with E-state index in [0.29, 0.717) is 11.8 Å². The molecule has 2 aromatic rings. The number of para-hydroxylation sites is 1. The summed E-state index contributed by atoms with van der Waals surface area (Å²) >= 11 is 0. The maximum absolute atomic E-state index is 12.2. The fourth-order valence-corrected chi connectivity index (χ4v) is 2.44. The average molecular weight is 346 g/mol. The monoisotopic (exact) mass is 346 g/mol. The number of aromatic amines is 1. The zero-order chi connectivity index (χ0) is 18.4. The van der Waals surface area contributed by atoms with Crippen LogP contribution in [0.1, 0.15) is 37.2 Å². The van der Waals surface area contributed by atoms with E-state index in [9.17, 15) is 14.4 Å². The van der Waals surface area contributed by atoms with Gasteiger partial charge in [-0.1, -0.05) is 38.5 Å². The lowest BCUT2D eigenvalue weighted by atomic mass is 9.99. The summed E-state index contributed by atoms with van der Waals surface area (Å²) < 4.78 is 0. The van der Waals surface area contributed by atoms with Gasteiger partial charge in [0.15, 0.2) is 5.69 Å². The van der Waals surface area contributed by atoms with Gasteiger partial charge in [-0.25, -0.2) is 4.79 Å². The Balaban J connectivity index is 1.86. The summed E-state index contributed by atoms with van der Waals surface area (Å²) in [5, 5.41) is 21.7. The van der Waals surface area contributed by atoms with E-state index in [0.717, 1.165) is 5.52 Å². The molecule has 0 unspecified atom stereocenters. The number of amides is 2. The molecule has 0 saturated carbocycles. The first kappa shape index (κ1) is 18.4. The highest BCUT2D eigenvalue weighted by atomic mass is 16.4. The highest BCUT2D eigenvalue weighted by Gasteiger charge is 2.25. The van der Waals surface area contributed by atoms with Gasteiger partial charge in [-0.2, -0.15) is 5.10 Å². The van der Waals surface area contributed by atoms with E-state index < -0.39 is 17.9 Å². The number of carbonyl (C=O) groups excluding carboxylic acids is 2. The summed E-state index contributed by atoms with van der Waals surface area (Å²) in [5.74, 6) is -2.04. The average Bonchev–Trinajstić information content (AvgIpc) is 3.02. The van der Waals surface area contributed by atoms with Crippen LogP contribution in [0.5, 0.6) is 0 Å². The first-order valence-corrected chi connectivity index (χ1v) is 8.17. The number of hydrogen-bond donors (Lipinski definition) is 4. The Hall–Kier alpha value is -2.90. The van der Waals surface area contributed by atoms with E-state index in [4.69, 9.17) is 5.11 Å². The molecule has 2 rings (SSSR count). The maximum Gasteiger partial charge on any atom is 0.326 e. The van der Waals surface area contributed by atoms with Gasteiger partial charge in [-0.15, -0.1) is 0 Å². The number of fused-ring (bicyclic) bond motifs is 1. The summed E-state index contributed by atoms with van der Waals surface area (Å²) in [6.45, 7) is 3.73. The first-order valence-electron chi connectivity index (χ1n) is 8.17. The van der Waals surface area contributed by atoms with Crippen molar-refractivity contribution in [3.63, 3.8) is 0 Å². The van der Waals surface area contributed by atoms with Crippen molar-refractivity contribution in [1.82, 2.24) is 20.8 Å². The largest absolute Gasteiger partial charge is 0.480 e. The molecular formula is C17H22N4O4. The SMILES string of the molecule is CC[C@H](C)[C@H](NC(=O)CCNC(=O)c1n[nH]c2ccccc12)C(=O)O. The van der Waals surface area contributed by atoms with Crippen LogP contribution in [0.25, 0.3) is 10.9 Å². The number of carboxylic acid groups (broad SMARTS) is 1. The van der Waals surface area contributed by atoms with Crippen LogP contribution in [-0.2, 0) is 9.59 Å². The number of aromatic nitrogens is 2. The van der Waals surface area contributed by atoms with Crippen molar-refractivity contribution in [2.24, 2.45) is 5.92 Å². The molecule has 2 amide bonds. The molecular weight excluding hydrogens is 324 g/mol. The number of aliphatic carboxylic acids is 1. The summed E-state index contributed by atoms with van der Waals surface area (Å²) in [4.78, 5) is 35.3. The van der Waals surface area contributed by atoms with Gasteiger partial charge in [-0.3, -0.25) is 14.7 Å². The minimum absolute atomic E-state index is 0.00565. The van der Waals surface area contributed by atoms with Crippen molar-refractivity contribution in [1.29, 1.82) is 0 Å². The van der Waals surface area contributed by atoms with Crippen molar-refractivity contribution in [2.45, 2.75) is 32.7 Å². The van der Waals surface area contributed by atoms with Gasteiger partial charge >= 0.3 is 5.97 Å². The number of rotatable bonds is 8. The van der Waals surface area contributed by atoms with Gasteiger partial charge in [0.2, 0.25) is 5.91 Å². The maximum atomic E-state index is 12.2. The standard InChI is InChI=1S/C17H22N4O4/c1-3-10(2)14(17(24)25)19-13(22)8-9-18-16(23)15-11-6-4-5-7-12(11)20-21-15/h4-7,10,14H,3,8-9H2,1-2H3,(H,18,23)(H,19,22)(H,20,21)(H,24,25)/t10-,14-/m0/s1. The highest BCUT2D eigenvalue weighted by molar-refractivity contribution is 6.04. The molecule has 2 atom stereocenters. The summed E-state index contributed by atoms with van der Waals surface area (Å²) in [7, 11) is 0. The number of benzene rings is 1. The fraction of sp³-hybridized carbons (Fsp3) is 0.412. The molecule has 8 heteroatoms. The van der Waals surface area contributed by atoms with Crippen LogP contribution in [0.2, 0.25) is 0 Å². The van der Waals surface area contributed by atoms with E-state index in [2.05, 4.69) is 20.8 Å². The van der Waals surface area contributed by atoms with Gasteiger partial charge in [0.05, 0.1) is 5.52 Å². The minimum Gasteiger partial charge on any atom is -0.480 e. The third kappa shape index (κ3) is 4.56. The third-order valence-corrected chi connectivity index (χ3v) is 4.12. The molecule has 0 aliphatic rings. The number of carbonyl (C=O) groups is 3. The van der Waals surface area contributed by atoms with Crippen molar-refractivity contribution < 1.29 is 19.5 Å². The quantitative estimate of drug-likeness (QED) is 0.573. The number of H-pyrrole nitrogens is 1. The zero-order valence-corrected chi connectivity index (χ0v) is 14.2. The van der Waals surface area contributed by atoms with Gasteiger partial charge in [-0.05, 0) is 12.0 Å². The highest BCUT2D eigenvalue weighted by Crippen LogP contribution is 2.14. The number of nitrogens with one attached hydrogen (secondary N) is 3. The van der Waals surface area contributed by atoms with Gasteiger partial charge in [0, 0.05) is 18.4 Å². The molecule has 4 N–H and O–H groups in total. The van der Waals surface area contributed by atoms with Crippen LogP contribution in [0.15, 0.2) is 24.3 Å². The normalized spacial score (nSPS) is 13.2. The van der Waals surface area contributed by atoms with E-state index in [1.807, 2.05) is 25.1 Å². The lowest BCUT2D eigenvalue weighted by Crippen LogP contribution is -2.45. The van der Waals surface area contributed by atoms with Crippen molar-refractivity contribution in [3.8, 4) is 0 Å². The summed E-state index contributed by atoms with van der Waals surface area (Å²) in [5.41, 5.74) is 1.02. The van der Waals surface area contributed by atoms with Crippen LogP contribution in [0, 0.1) is 5.92 Å². The van der Waals surface area contributed by atoms with E-state index in [1.165, 1.54) is 0 Å². The van der Waals surface area contributed by atoms with Crippen LogP contribution < -0.4 is 10.6 Å². The topological polar surface area (TPSA) is 124 Å². The molecule has 0 radical (unpaired) electrons. The van der Waals surface area contributed by atoms with Crippen molar-refractivity contribution in [3.05, 3.63) is 30.0 Å². The Kier molecular flexibility index (Phi) is 6.10. The molecule has 25 heavy (non-hydrogen) atoms.